The van der Waals surface area contributed by atoms with Gasteiger partial charge in [0.15, 0.2) is 0 Å². The van der Waals surface area contributed by atoms with E-state index in [-0.39, 0.29) is 16.3 Å². The second-order valence-electron chi connectivity index (χ2n) is 3.97. The summed E-state index contributed by atoms with van der Waals surface area (Å²) in [6, 6.07) is 0. The highest BCUT2D eigenvalue weighted by molar-refractivity contribution is 7.89. The van der Waals surface area contributed by atoms with Crippen molar-refractivity contribution in [3.05, 3.63) is 15.8 Å². The van der Waals surface area contributed by atoms with Crippen LogP contribution in [0, 0.1) is 6.92 Å². The van der Waals surface area contributed by atoms with E-state index >= 15 is 0 Å². The van der Waals surface area contributed by atoms with Crippen LogP contribution in [-0.2, 0) is 19.6 Å². The third-order valence-electron chi connectivity index (χ3n) is 2.57. The largest absolute Gasteiger partial charge is 0.465 e. The number of primary amides is 1. The highest BCUT2D eigenvalue weighted by atomic mass is 32.2. The van der Waals surface area contributed by atoms with Crippen LogP contribution in [0.4, 0.5) is 0 Å². The predicted molar refractivity (Wildman–Crippen MR) is 74.0 cm³/mol. The molecule has 0 atom stereocenters. The molecule has 1 heterocycles. The zero-order valence-electron chi connectivity index (χ0n) is 11.4. The zero-order valence-corrected chi connectivity index (χ0v) is 13.0. The van der Waals surface area contributed by atoms with E-state index in [4.69, 9.17) is 5.73 Å². The van der Waals surface area contributed by atoms with E-state index in [1.54, 1.807) is 19.2 Å². The number of sulfonamides is 1. The summed E-state index contributed by atoms with van der Waals surface area (Å²) >= 11 is 0.986. The molecule has 1 rings (SSSR count). The first kappa shape index (κ1) is 16.6. The predicted octanol–water partition coefficient (Wildman–Crippen LogP) is 0.339. The van der Waals surface area contributed by atoms with E-state index in [1.165, 1.54) is 7.11 Å². The highest BCUT2D eigenvalue weighted by Gasteiger charge is 2.32. The third kappa shape index (κ3) is 3.17. The van der Waals surface area contributed by atoms with Gasteiger partial charge in [-0.2, -0.15) is 4.31 Å². The van der Waals surface area contributed by atoms with Crippen molar-refractivity contribution in [1.82, 2.24) is 4.31 Å². The van der Waals surface area contributed by atoms with Crippen LogP contribution in [0.1, 0.15) is 22.2 Å². The van der Waals surface area contributed by atoms with E-state index in [2.05, 4.69) is 4.74 Å². The summed E-state index contributed by atoms with van der Waals surface area (Å²) in [6.45, 7) is 2.80. The Hall–Kier alpha value is -1.45. The lowest BCUT2D eigenvalue weighted by Gasteiger charge is -2.19. The highest BCUT2D eigenvalue weighted by Crippen LogP contribution is 2.30. The van der Waals surface area contributed by atoms with Crippen molar-refractivity contribution in [2.75, 3.05) is 20.2 Å². The van der Waals surface area contributed by atoms with Gasteiger partial charge in [-0.1, -0.05) is 6.92 Å². The van der Waals surface area contributed by atoms with Crippen LogP contribution in [0.2, 0.25) is 0 Å². The molecule has 0 spiro atoms. The molecule has 1 aromatic rings. The molecular formula is C11H16N2O5S2. The molecule has 0 aliphatic heterocycles. The molecule has 0 aliphatic carbocycles. The van der Waals surface area contributed by atoms with Gasteiger partial charge >= 0.3 is 5.97 Å². The summed E-state index contributed by atoms with van der Waals surface area (Å²) in [5.74, 6) is -1.49. The lowest BCUT2D eigenvalue weighted by atomic mass is 10.3. The topological polar surface area (TPSA) is 107 Å². The SMILES string of the molecule is CCN(CC(N)=O)S(=O)(=O)c1c(C)csc1C(=O)OC. The Morgan fingerprint density at radius 2 is 2.05 bits per heavy atom. The molecule has 0 unspecified atom stereocenters. The van der Waals surface area contributed by atoms with Gasteiger partial charge in [0.2, 0.25) is 15.9 Å². The number of rotatable bonds is 6. The number of likely N-dealkylation sites (N-methyl/N-ethyl adjacent to an activating group) is 1. The molecule has 0 saturated carbocycles. The fraction of sp³-hybridized carbons (Fsp3) is 0.455. The maximum atomic E-state index is 12.5. The molecule has 2 N–H and O–H groups in total. The van der Waals surface area contributed by atoms with Crippen molar-refractivity contribution < 1.29 is 22.7 Å². The quantitative estimate of drug-likeness (QED) is 0.761. The van der Waals surface area contributed by atoms with Gasteiger partial charge in [0.25, 0.3) is 0 Å². The minimum atomic E-state index is -3.98. The number of carbonyl (C=O) groups is 2. The average Bonchev–Trinajstić information content (AvgIpc) is 2.77. The molecule has 7 nitrogen and oxygen atoms in total. The van der Waals surface area contributed by atoms with Crippen LogP contribution in [0.15, 0.2) is 10.3 Å². The first-order chi connectivity index (χ1) is 9.25. The Bertz CT molecular complexity index is 621. The molecule has 0 aromatic carbocycles. The summed E-state index contributed by atoms with van der Waals surface area (Å²) in [4.78, 5) is 22.5. The first-order valence-electron chi connectivity index (χ1n) is 5.70. The van der Waals surface area contributed by atoms with Crippen LogP contribution in [0.25, 0.3) is 0 Å². The summed E-state index contributed by atoms with van der Waals surface area (Å²) < 4.78 is 30.6. The zero-order chi connectivity index (χ0) is 15.5. The van der Waals surface area contributed by atoms with Gasteiger partial charge in [-0.25, -0.2) is 13.2 Å². The summed E-state index contributed by atoms with van der Waals surface area (Å²) in [5, 5.41) is 1.55. The summed E-state index contributed by atoms with van der Waals surface area (Å²) in [6.07, 6.45) is 0. The lowest BCUT2D eigenvalue weighted by molar-refractivity contribution is -0.118. The van der Waals surface area contributed by atoms with Crippen molar-refractivity contribution >= 4 is 33.2 Å². The van der Waals surface area contributed by atoms with Crippen LogP contribution < -0.4 is 5.73 Å². The van der Waals surface area contributed by atoms with Crippen LogP contribution in [0.5, 0.6) is 0 Å². The smallest absolute Gasteiger partial charge is 0.349 e. The number of aryl methyl sites for hydroxylation is 1. The molecule has 0 saturated heterocycles. The Balaban J connectivity index is 3.38. The number of amides is 1. The Labute approximate surface area is 121 Å². The number of carbonyl (C=O) groups excluding carboxylic acids is 2. The molecule has 1 amide bonds. The van der Waals surface area contributed by atoms with Crippen molar-refractivity contribution in [1.29, 1.82) is 0 Å². The van der Waals surface area contributed by atoms with Crippen molar-refractivity contribution in [3.8, 4) is 0 Å². The summed E-state index contributed by atoms with van der Waals surface area (Å²) in [5.41, 5.74) is 5.48. The van der Waals surface area contributed by atoms with Crippen molar-refractivity contribution in [2.45, 2.75) is 18.7 Å². The lowest BCUT2D eigenvalue weighted by Crippen LogP contribution is -2.38. The number of ether oxygens (including phenoxy) is 1. The van der Waals surface area contributed by atoms with Gasteiger partial charge in [0.1, 0.15) is 9.77 Å². The molecular weight excluding hydrogens is 304 g/mol. The van der Waals surface area contributed by atoms with E-state index in [0.717, 1.165) is 15.6 Å². The van der Waals surface area contributed by atoms with Gasteiger partial charge in [0.05, 0.1) is 13.7 Å². The Kier molecular flexibility index (Phi) is 5.26. The number of nitrogens with zero attached hydrogens (tertiary/aromatic N) is 1. The van der Waals surface area contributed by atoms with E-state index in [1.807, 2.05) is 0 Å². The van der Waals surface area contributed by atoms with E-state index < -0.39 is 28.4 Å². The minimum absolute atomic E-state index is 0.00656. The molecule has 0 bridgehead atoms. The number of hydrogen-bond donors (Lipinski definition) is 1. The van der Waals surface area contributed by atoms with Gasteiger partial charge < -0.3 is 10.5 Å². The van der Waals surface area contributed by atoms with Crippen molar-refractivity contribution in [2.24, 2.45) is 5.73 Å². The molecule has 0 radical (unpaired) electrons. The number of hydrogen-bond acceptors (Lipinski definition) is 6. The van der Waals surface area contributed by atoms with Gasteiger partial charge in [-0.05, 0) is 17.9 Å². The molecule has 20 heavy (non-hydrogen) atoms. The van der Waals surface area contributed by atoms with Crippen molar-refractivity contribution in [3.63, 3.8) is 0 Å². The first-order valence-corrected chi connectivity index (χ1v) is 8.02. The second kappa shape index (κ2) is 6.33. The second-order valence-corrected chi connectivity index (χ2v) is 6.72. The van der Waals surface area contributed by atoms with Gasteiger partial charge in [-0.3, -0.25) is 4.79 Å². The summed E-state index contributed by atoms with van der Waals surface area (Å²) in [7, 11) is -2.80. The number of methoxy groups -OCH3 is 1. The fourth-order valence-electron chi connectivity index (χ4n) is 1.66. The maximum absolute atomic E-state index is 12.5. The van der Waals surface area contributed by atoms with Gasteiger partial charge in [0, 0.05) is 6.54 Å². The van der Waals surface area contributed by atoms with Crippen LogP contribution in [-0.4, -0.2) is 44.8 Å². The molecule has 1 aromatic heterocycles. The molecule has 9 heteroatoms. The molecule has 0 aliphatic rings. The fourth-order valence-corrected chi connectivity index (χ4v) is 4.73. The number of thiophene rings is 1. The molecule has 112 valence electrons. The third-order valence-corrected chi connectivity index (χ3v) is 5.89. The monoisotopic (exact) mass is 320 g/mol. The maximum Gasteiger partial charge on any atom is 0.349 e. The standard InChI is InChI=1S/C11H16N2O5S2/c1-4-13(5-8(12)14)20(16,17)10-7(2)6-19-9(10)11(15)18-3/h6H,4-5H2,1-3H3,(H2,12,14). The average molecular weight is 320 g/mol. The van der Waals surface area contributed by atoms with Crippen LogP contribution in [0.3, 0.4) is 0 Å². The van der Waals surface area contributed by atoms with Crippen LogP contribution >= 0.6 is 11.3 Å². The number of nitrogens with two attached hydrogens (primary N) is 1. The minimum Gasteiger partial charge on any atom is -0.465 e. The van der Waals surface area contributed by atoms with E-state index in [9.17, 15) is 18.0 Å². The molecule has 0 fully saturated rings. The van der Waals surface area contributed by atoms with E-state index in [0.29, 0.717) is 5.56 Å². The Morgan fingerprint density at radius 1 is 1.45 bits per heavy atom. The number of esters is 1. The van der Waals surface area contributed by atoms with Gasteiger partial charge in [-0.15, -0.1) is 11.3 Å². The Morgan fingerprint density at radius 3 is 2.50 bits per heavy atom. The normalized spacial score (nSPS) is 11.6.